The Kier molecular flexibility index (Phi) is 4.81. The molecule has 1 rings (SSSR count). The van der Waals surface area contributed by atoms with E-state index in [9.17, 15) is 18.0 Å². The highest BCUT2D eigenvalue weighted by molar-refractivity contribution is 5.72. The molecule has 0 aliphatic heterocycles. The number of carbonyl (C=O) groups excluding carboxylic acids is 1. The zero-order valence-corrected chi connectivity index (χ0v) is 9.08. The summed E-state index contributed by atoms with van der Waals surface area (Å²) in [6, 6.07) is 3.19. The quantitative estimate of drug-likeness (QED) is 0.751. The Hall–Kier alpha value is -1.72. The van der Waals surface area contributed by atoms with E-state index in [4.69, 9.17) is 0 Å². The van der Waals surface area contributed by atoms with Gasteiger partial charge in [-0.05, 0) is 18.6 Å². The lowest BCUT2D eigenvalue weighted by Gasteiger charge is -2.07. The summed E-state index contributed by atoms with van der Waals surface area (Å²) in [5, 5.41) is 0. The molecule has 0 aromatic heterocycles. The van der Waals surface area contributed by atoms with Gasteiger partial charge in [-0.1, -0.05) is 6.07 Å². The predicted octanol–water partition coefficient (Wildman–Crippen LogP) is 2.53. The van der Waals surface area contributed by atoms with Gasteiger partial charge in [-0.25, -0.2) is 4.39 Å². The SMILES string of the molecule is CCOC(=O)Cc1ccc(OC(F)F)cc1F. The Morgan fingerprint density at radius 1 is 1.41 bits per heavy atom. The highest BCUT2D eigenvalue weighted by atomic mass is 19.3. The van der Waals surface area contributed by atoms with Crippen molar-refractivity contribution in [2.24, 2.45) is 0 Å². The van der Waals surface area contributed by atoms with Crippen LogP contribution >= 0.6 is 0 Å². The highest BCUT2D eigenvalue weighted by Gasteiger charge is 2.11. The van der Waals surface area contributed by atoms with E-state index in [1.165, 1.54) is 12.1 Å². The first-order chi connectivity index (χ1) is 8.02. The topological polar surface area (TPSA) is 35.5 Å². The summed E-state index contributed by atoms with van der Waals surface area (Å²) in [5.74, 6) is -1.64. The number of halogens is 3. The van der Waals surface area contributed by atoms with Gasteiger partial charge >= 0.3 is 12.6 Å². The average Bonchev–Trinajstić information content (AvgIpc) is 2.21. The minimum absolute atomic E-state index is 0.0741. The molecule has 0 aliphatic carbocycles. The lowest BCUT2D eigenvalue weighted by Crippen LogP contribution is -2.09. The Balaban J connectivity index is 2.72. The van der Waals surface area contributed by atoms with Gasteiger partial charge in [-0.3, -0.25) is 4.79 Å². The van der Waals surface area contributed by atoms with Crippen LogP contribution in [-0.4, -0.2) is 19.2 Å². The molecule has 0 fully saturated rings. The standard InChI is InChI=1S/C11H11F3O3/c1-2-16-10(15)5-7-3-4-8(6-9(7)12)17-11(13)14/h3-4,6,11H,2,5H2,1H3. The highest BCUT2D eigenvalue weighted by Crippen LogP contribution is 2.19. The first-order valence-corrected chi connectivity index (χ1v) is 4.91. The summed E-state index contributed by atoms with van der Waals surface area (Å²) in [4.78, 5) is 11.1. The molecule has 0 unspecified atom stereocenters. The van der Waals surface area contributed by atoms with E-state index in [1.54, 1.807) is 6.92 Å². The number of alkyl halides is 2. The zero-order valence-electron chi connectivity index (χ0n) is 9.08. The minimum atomic E-state index is -3.01. The molecule has 0 saturated heterocycles. The Bertz CT molecular complexity index is 394. The van der Waals surface area contributed by atoms with Crippen molar-refractivity contribution in [1.82, 2.24) is 0 Å². The molecular formula is C11H11F3O3. The van der Waals surface area contributed by atoms with Crippen LogP contribution in [0.25, 0.3) is 0 Å². The molecule has 0 spiro atoms. The second-order valence-electron chi connectivity index (χ2n) is 3.11. The molecule has 0 atom stereocenters. The van der Waals surface area contributed by atoms with E-state index >= 15 is 0 Å². The van der Waals surface area contributed by atoms with Gasteiger partial charge in [-0.15, -0.1) is 0 Å². The van der Waals surface area contributed by atoms with Crippen LogP contribution in [0.5, 0.6) is 5.75 Å². The fraction of sp³-hybridized carbons (Fsp3) is 0.364. The van der Waals surface area contributed by atoms with Crippen LogP contribution in [0.4, 0.5) is 13.2 Å². The van der Waals surface area contributed by atoms with Gasteiger partial charge in [0.25, 0.3) is 0 Å². The van der Waals surface area contributed by atoms with Crippen LogP contribution in [0.15, 0.2) is 18.2 Å². The van der Waals surface area contributed by atoms with Crippen molar-refractivity contribution in [2.75, 3.05) is 6.61 Å². The van der Waals surface area contributed by atoms with E-state index in [0.717, 1.165) is 6.07 Å². The van der Waals surface area contributed by atoms with Crippen molar-refractivity contribution >= 4 is 5.97 Å². The van der Waals surface area contributed by atoms with Gasteiger partial charge < -0.3 is 9.47 Å². The lowest BCUT2D eigenvalue weighted by atomic mass is 10.1. The average molecular weight is 248 g/mol. The summed E-state index contributed by atoms with van der Waals surface area (Å²) >= 11 is 0. The predicted molar refractivity (Wildman–Crippen MR) is 53.4 cm³/mol. The molecule has 0 saturated carbocycles. The van der Waals surface area contributed by atoms with Gasteiger partial charge in [0.1, 0.15) is 11.6 Å². The summed E-state index contributed by atoms with van der Waals surface area (Å²) in [7, 11) is 0. The molecule has 1 aromatic rings. The molecule has 17 heavy (non-hydrogen) atoms. The summed E-state index contributed by atoms with van der Waals surface area (Å²) in [6.45, 7) is -1.17. The molecule has 0 bridgehead atoms. The summed E-state index contributed by atoms with van der Waals surface area (Å²) in [6.07, 6.45) is -0.241. The van der Waals surface area contributed by atoms with Crippen LogP contribution in [0.1, 0.15) is 12.5 Å². The van der Waals surface area contributed by atoms with E-state index in [0.29, 0.717) is 0 Å². The largest absolute Gasteiger partial charge is 0.466 e. The number of ether oxygens (including phenoxy) is 2. The third kappa shape index (κ3) is 4.34. The zero-order chi connectivity index (χ0) is 12.8. The molecule has 0 amide bonds. The monoisotopic (exact) mass is 248 g/mol. The second-order valence-corrected chi connectivity index (χ2v) is 3.11. The molecule has 0 N–H and O–H groups in total. The maximum absolute atomic E-state index is 13.4. The normalized spacial score (nSPS) is 10.4. The Labute approximate surface area is 96.1 Å². The lowest BCUT2D eigenvalue weighted by molar-refractivity contribution is -0.142. The number of esters is 1. The van der Waals surface area contributed by atoms with Crippen molar-refractivity contribution in [2.45, 2.75) is 20.0 Å². The Morgan fingerprint density at radius 3 is 2.65 bits per heavy atom. The molecule has 0 aliphatic rings. The third-order valence-corrected chi connectivity index (χ3v) is 1.89. The van der Waals surface area contributed by atoms with E-state index < -0.39 is 18.4 Å². The van der Waals surface area contributed by atoms with Gasteiger partial charge in [0.05, 0.1) is 13.0 Å². The number of hydrogen-bond donors (Lipinski definition) is 0. The number of rotatable bonds is 5. The van der Waals surface area contributed by atoms with Gasteiger partial charge in [0.2, 0.25) is 0 Å². The number of hydrogen-bond acceptors (Lipinski definition) is 3. The molecule has 1 aromatic carbocycles. The maximum Gasteiger partial charge on any atom is 0.387 e. The van der Waals surface area contributed by atoms with Crippen LogP contribution in [0.2, 0.25) is 0 Å². The molecule has 3 nitrogen and oxygen atoms in total. The van der Waals surface area contributed by atoms with Crippen molar-refractivity contribution in [3.8, 4) is 5.75 Å². The van der Waals surface area contributed by atoms with Crippen molar-refractivity contribution < 1.29 is 27.4 Å². The maximum atomic E-state index is 13.4. The van der Waals surface area contributed by atoms with E-state index in [-0.39, 0.29) is 24.3 Å². The van der Waals surface area contributed by atoms with Crippen LogP contribution < -0.4 is 4.74 Å². The molecular weight excluding hydrogens is 237 g/mol. The van der Waals surface area contributed by atoms with E-state index in [2.05, 4.69) is 9.47 Å². The first-order valence-electron chi connectivity index (χ1n) is 4.91. The summed E-state index contributed by atoms with van der Waals surface area (Å²) in [5.41, 5.74) is 0.0741. The van der Waals surface area contributed by atoms with Crippen LogP contribution in [0.3, 0.4) is 0 Å². The molecule has 94 valence electrons. The van der Waals surface area contributed by atoms with Gasteiger partial charge in [0, 0.05) is 6.07 Å². The first kappa shape index (κ1) is 13.3. The smallest absolute Gasteiger partial charge is 0.387 e. The fourth-order valence-electron chi connectivity index (χ4n) is 1.22. The number of carbonyl (C=O) groups is 1. The van der Waals surface area contributed by atoms with Crippen molar-refractivity contribution in [1.29, 1.82) is 0 Å². The van der Waals surface area contributed by atoms with E-state index in [1.807, 2.05) is 0 Å². The Morgan fingerprint density at radius 2 is 2.12 bits per heavy atom. The second kappa shape index (κ2) is 6.12. The summed E-state index contributed by atoms with van der Waals surface area (Å²) < 4.78 is 45.7. The third-order valence-electron chi connectivity index (χ3n) is 1.89. The molecule has 0 heterocycles. The fourth-order valence-corrected chi connectivity index (χ4v) is 1.22. The van der Waals surface area contributed by atoms with Crippen LogP contribution in [-0.2, 0) is 16.0 Å². The minimum Gasteiger partial charge on any atom is -0.466 e. The van der Waals surface area contributed by atoms with Gasteiger partial charge in [-0.2, -0.15) is 8.78 Å². The molecule has 6 heteroatoms. The van der Waals surface area contributed by atoms with Crippen LogP contribution in [0, 0.1) is 5.82 Å². The van der Waals surface area contributed by atoms with Crippen molar-refractivity contribution in [3.05, 3.63) is 29.6 Å². The molecule has 0 radical (unpaired) electrons. The van der Waals surface area contributed by atoms with Gasteiger partial charge in [0.15, 0.2) is 0 Å². The van der Waals surface area contributed by atoms with Crippen molar-refractivity contribution in [3.63, 3.8) is 0 Å². The number of benzene rings is 1.